The molecular formula is C11H9NO4. The second-order valence-electron chi connectivity index (χ2n) is 3.47. The summed E-state index contributed by atoms with van der Waals surface area (Å²) >= 11 is 0. The van der Waals surface area contributed by atoms with E-state index < -0.39 is 11.9 Å². The highest BCUT2D eigenvalue weighted by atomic mass is 16.4. The lowest BCUT2D eigenvalue weighted by Crippen LogP contribution is -2.03. The summed E-state index contributed by atoms with van der Waals surface area (Å²) in [4.78, 5) is 21.6. The van der Waals surface area contributed by atoms with Crippen LogP contribution in [0, 0.1) is 0 Å². The molecule has 2 aromatic rings. The summed E-state index contributed by atoms with van der Waals surface area (Å²) in [5.41, 5.74) is 0.981. The van der Waals surface area contributed by atoms with E-state index in [1.807, 2.05) is 0 Å². The van der Waals surface area contributed by atoms with Crippen LogP contribution in [0.15, 0.2) is 24.3 Å². The van der Waals surface area contributed by atoms with E-state index in [1.54, 1.807) is 13.1 Å². The van der Waals surface area contributed by atoms with Crippen LogP contribution in [0.2, 0.25) is 0 Å². The summed E-state index contributed by atoms with van der Waals surface area (Å²) in [5.74, 6) is -2.06. The van der Waals surface area contributed by atoms with Crippen LogP contribution in [0.3, 0.4) is 0 Å². The summed E-state index contributed by atoms with van der Waals surface area (Å²) in [6.45, 7) is 0. The van der Waals surface area contributed by atoms with Gasteiger partial charge in [-0.3, -0.25) is 0 Å². The average molecular weight is 219 g/mol. The van der Waals surface area contributed by atoms with Gasteiger partial charge in [0.2, 0.25) is 0 Å². The van der Waals surface area contributed by atoms with Gasteiger partial charge in [-0.25, -0.2) is 9.59 Å². The Morgan fingerprint density at radius 3 is 2.38 bits per heavy atom. The monoisotopic (exact) mass is 219 g/mol. The van der Waals surface area contributed by atoms with Crippen LogP contribution in [-0.2, 0) is 7.05 Å². The van der Waals surface area contributed by atoms with Crippen LogP contribution >= 0.6 is 0 Å². The van der Waals surface area contributed by atoms with Crippen molar-refractivity contribution in [3.05, 3.63) is 35.5 Å². The van der Waals surface area contributed by atoms with Crippen molar-refractivity contribution < 1.29 is 19.8 Å². The fourth-order valence-electron chi connectivity index (χ4n) is 1.69. The van der Waals surface area contributed by atoms with E-state index in [0.29, 0.717) is 10.9 Å². The van der Waals surface area contributed by atoms with Gasteiger partial charge in [0.05, 0.1) is 5.56 Å². The summed E-state index contributed by atoms with van der Waals surface area (Å²) in [6.07, 6.45) is 0. The highest BCUT2D eigenvalue weighted by molar-refractivity contribution is 5.98. The van der Waals surface area contributed by atoms with Crippen molar-refractivity contribution in [2.75, 3.05) is 0 Å². The highest BCUT2D eigenvalue weighted by Gasteiger charge is 2.13. The third-order valence-corrected chi connectivity index (χ3v) is 2.51. The topological polar surface area (TPSA) is 79.5 Å². The Morgan fingerprint density at radius 1 is 1.12 bits per heavy atom. The number of hydrogen-bond acceptors (Lipinski definition) is 2. The highest BCUT2D eigenvalue weighted by Crippen LogP contribution is 2.20. The van der Waals surface area contributed by atoms with Crippen molar-refractivity contribution in [2.24, 2.45) is 7.05 Å². The fourth-order valence-corrected chi connectivity index (χ4v) is 1.69. The smallest absolute Gasteiger partial charge is 0.352 e. The maximum atomic E-state index is 10.9. The number of aryl methyl sites for hydroxylation is 1. The number of carbonyl (C=O) groups is 2. The average Bonchev–Trinajstić information content (AvgIpc) is 2.55. The van der Waals surface area contributed by atoms with Crippen LogP contribution in [0.1, 0.15) is 20.8 Å². The van der Waals surface area contributed by atoms with E-state index in [-0.39, 0.29) is 11.3 Å². The van der Waals surface area contributed by atoms with Gasteiger partial charge in [-0.15, -0.1) is 0 Å². The molecule has 0 bridgehead atoms. The summed E-state index contributed by atoms with van der Waals surface area (Å²) < 4.78 is 1.52. The van der Waals surface area contributed by atoms with Gasteiger partial charge in [0.25, 0.3) is 0 Å². The third kappa shape index (κ3) is 1.42. The molecule has 1 aromatic carbocycles. The first-order valence-corrected chi connectivity index (χ1v) is 4.57. The molecular weight excluding hydrogens is 210 g/mol. The molecule has 0 unspecified atom stereocenters. The Hall–Kier alpha value is -2.30. The first kappa shape index (κ1) is 10.2. The number of carboxylic acid groups (broad SMARTS) is 2. The Bertz CT molecular complexity index is 597. The first-order chi connectivity index (χ1) is 7.50. The molecule has 1 aromatic heterocycles. The van der Waals surface area contributed by atoms with Crippen molar-refractivity contribution in [1.82, 2.24) is 4.57 Å². The first-order valence-electron chi connectivity index (χ1n) is 4.57. The Morgan fingerprint density at radius 2 is 1.81 bits per heavy atom. The minimum atomic E-state index is -1.03. The summed E-state index contributed by atoms with van der Waals surface area (Å²) in [6, 6.07) is 5.98. The van der Waals surface area contributed by atoms with Crippen LogP contribution in [0.4, 0.5) is 0 Å². The Labute approximate surface area is 90.5 Å². The molecule has 0 atom stereocenters. The number of rotatable bonds is 2. The molecule has 0 fully saturated rings. The second kappa shape index (κ2) is 3.37. The van der Waals surface area contributed by atoms with Crippen molar-refractivity contribution in [2.45, 2.75) is 0 Å². The van der Waals surface area contributed by atoms with Crippen LogP contribution in [0.25, 0.3) is 10.9 Å². The minimum Gasteiger partial charge on any atom is -0.478 e. The number of benzene rings is 1. The number of hydrogen-bond donors (Lipinski definition) is 2. The van der Waals surface area contributed by atoms with Gasteiger partial charge in [-0.05, 0) is 24.3 Å². The maximum Gasteiger partial charge on any atom is 0.352 e. The lowest BCUT2D eigenvalue weighted by atomic mass is 10.1. The maximum absolute atomic E-state index is 10.9. The second-order valence-corrected chi connectivity index (χ2v) is 3.47. The molecule has 5 heteroatoms. The molecule has 0 saturated carbocycles. The third-order valence-electron chi connectivity index (χ3n) is 2.51. The molecule has 0 saturated heterocycles. The van der Waals surface area contributed by atoms with E-state index >= 15 is 0 Å². The standard InChI is InChI=1S/C11H9NO4/c1-12-8-3-2-6(10(13)14)4-7(8)5-9(12)11(15)16/h2-5H,1H3,(H,13,14)(H,15,16). The SMILES string of the molecule is Cn1c(C(=O)O)cc2cc(C(=O)O)ccc21. The summed E-state index contributed by atoms with van der Waals surface area (Å²) in [5, 5.41) is 18.3. The molecule has 2 N–H and O–H groups in total. The zero-order valence-corrected chi connectivity index (χ0v) is 8.47. The molecule has 0 spiro atoms. The van der Waals surface area contributed by atoms with E-state index in [0.717, 1.165) is 0 Å². The minimum absolute atomic E-state index is 0.137. The Kier molecular flexibility index (Phi) is 2.16. The van der Waals surface area contributed by atoms with E-state index in [2.05, 4.69) is 0 Å². The van der Waals surface area contributed by atoms with Crippen LogP contribution < -0.4 is 0 Å². The molecule has 16 heavy (non-hydrogen) atoms. The van der Waals surface area contributed by atoms with Gasteiger partial charge >= 0.3 is 11.9 Å². The largest absolute Gasteiger partial charge is 0.478 e. The normalized spacial score (nSPS) is 10.6. The van der Waals surface area contributed by atoms with Gasteiger partial charge in [0, 0.05) is 18.0 Å². The zero-order chi connectivity index (χ0) is 11.9. The number of aromatic carboxylic acids is 2. The Balaban J connectivity index is 2.72. The van der Waals surface area contributed by atoms with Crippen LogP contribution in [0.5, 0.6) is 0 Å². The molecule has 0 aliphatic rings. The predicted molar refractivity (Wildman–Crippen MR) is 56.8 cm³/mol. The number of fused-ring (bicyclic) bond motifs is 1. The van der Waals surface area contributed by atoms with E-state index in [9.17, 15) is 9.59 Å². The summed E-state index contributed by atoms with van der Waals surface area (Å²) in [7, 11) is 1.63. The van der Waals surface area contributed by atoms with E-state index in [1.165, 1.54) is 22.8 Å². The van der Waals surface area contributed by atoms with Crippen molar-refractivity contribution in [1.29, 1.82) is 0 Å². The fraction of sp³-hybridized carbons (Fsp3) is 0.0909. The van der Waals surface area contributed by atoms with Crippen molar-refractivity contribution >= 4 is 22.8 Å². The zero-order valence-electron chi connectivity index (χ0n) is 8.47. The van der Waals surface area contributed by atoms with Crippen molar-refractivity contribution in [3.8, 4) is 0 Å². The molecule has 0 aliphatic heterocycles. The molecule has 0 amide bonds. The van der Waals surface area contributed by atoms with Gasteiger partial charge in [0.1, 0.15) is 5.69 Å². The van der Waals surface area contributed by atoms with Crippen LogP contribution in [-0.4, -0.2) is 26.7 Å². The number of nitrogens with zero attached hydrogens (tertiary/aromatic N) is 1. The molecule has 0 radical (unpaired) electrons. The molecule has 0 aliphatic carbocycles. The van der Waals surface area contributed by atoms with Crippen molar-refractivity contribution in [3.63, 3.8) is 0 Å². The van der Waals surface area contributed by atoms with Gasteiger partial charge in [-0.1, -0.05) is 0 Å². The van der Waals surface area contributed by atoms with Gasteiger partial charge in [-0.2, -0.15) is 0 Å². The lowest BCUT2D eigenvalue weighted by Gasteiger charge is -1.99. The number of aromatic nitrogens is 1. The van der Waals surface area contributed by atoms with Gasteiger partial charge < -0.3 is 14.8 Å². The quantitative estimate of drug-likeness (QED) is 0.803. The predicted octanol–water partition coefficient (Wildman–Crippen LogP) is 1.57. The molecule has 1 heterocycles. The lowest BCUT2D eigenvalue weighted by molar-refractivity contribution is 0.0680. The number of carboxylic acids is 2. The van der Waals surface area contributed by atoms with E-state index in [4.69, 9.17) is 10.2 Å². The molecule has 82 valence electrons. The molecule has 5 nitrogen and oxygen atoms in total. The molecule has 2 rings (SSSR count). The van der Waals surface area contributed by atoms with Gasteiger partial charge in [0.15, 0.2) is 0 Å².